The number of benzene rings is 2. The van der Waals surface area contributed by atoms with Crippen LogP contribution in [0.4, 0.5) is 5.69 Å². The molecule has 0 radical (unpaired) electrons. The van der Waals surface area contributed by atoms with E-state index in [-0.39, 0.29) is 11.8 Å². The molecule has 0 saturated carbocycles. The smallest absolute Gasteiger partial charge is 0.253 e. The van der Waals surface area contributed by atoms with E-state index < -0.39 is 6.04 Å². The van der Waals surface area contributed by atoms with Gasteiger partial charge in [0.1, 0.15) is 19.3 Å². The SMILES string of the molecule is O=C(NC(Cc1ccccc1)C(=O)Nc1ccc2c(c1)OCCO2)c1cccnc1. The topological polar surface area (TPSA) is 89.6 Å². The summed E-state index contributed by atoms with van der Waals surface area (Å²) in [5, 5.41) is 5.68. The fourth-order valence-electron chi connectivity index (χ4n) is 3.15. The van der Waals surface area contributed by atoms with Crippen LogP contribution in [0.2, 0.25) is 0 Å². The van der Waals surface area contributed by atoms with Gasteiger partial charge in [-0.25, -0.2) is 0 Å². The minimum atomic E-state index is -0.770. The summed E-state index contributed by atoms with van der Waals surface area (Å²) in [6.07, 6.45) is 3.41. The number of carbonyl (C=O) groups excluding carboxylic acids is 2. The zero-order valence-corrected chi connectivity index (χ0v) is 16.2. The van der Waals surface area contributed by atoms with Gasteiger partial charge >= 0.3 is 0 Å². The Balaban J connectivity index is 1.52. The minimum Gasteiger partial charge on any atom is -0.486 e. The number of ether oxygens (including phenoxy) is 2. The van der Waals surface area contributed by atoms with Crippen molar-refractivity contribution in [1.29, 1.82) is 0 Å². The van der Waals surface area contributed by atoms with Crippen LogP contribution in [0.5, 0.6) is 11.5 Å². The van der Waals surface area contributed by atoms with Crippen molar-refractivity contribution in [3.8, 4) is 11.5 Å². The number of anilines is 1. The van der Waals surface area contributed by atoms with Gasteiger partial charge in [-0.15, -0.1) is 0 Å². The second kappa shape index (κ2) is 9.09. The van der Waals surface area contributed by atoms with Crippen LogP contribution in [0.25, 0.3) is 0 Å². The number of hydrogen-bond acceptors (Lipinski definition) is 5. The van der Waals surface area contributed by atoms with Crippen molar-refractivity contribution >= 4 is 17.5 Å². The molecule has 2 heterocycles. The predicted octanol–water partition coefficient (Wildman–Crippen LogP) is 2.83. The van der Waals surface area contributed by atoms with Crippen LogP contribution in [-0.2, 0) is 11.2 Å². The highest BCUT2D eigenvalue weighted by Gasteiger charge is 2.23. The summed E-state index contributed by atoms with van der Waals surface area (Å²) in [4.78, 5) is 29.6. The van der Waals surface area contributed by atoms with Crippen LogP contribution in [0.3, 0.4) is 0 Å². The Kier molecular flexibility index (Phi) is 5.89. The van der Waals surface area contributed by atoms with E-state index in [1.807, 2.05) is 30.3 Å². The highest BCUT2D eigenvalue weighted by atomic mass is 16.6. The summed E-state index contributed by atoms with van der Waals surface area (Å²) in [6, 6.07) is 17.3. The maximum Gasteiger partial charge on any atom is 0.253 e. The molecule has 30 heavy (non-hydrogen) atoms. The highest BCUT2D eigenvalue weighted by Crippen LogP contribution is 2.32. The maximum absolute atomic E-state index is 13.0. The quantitative estimate of drug-likeness (QED) is 0.661. The first-order valence-corrected chi connectivity index (χ1v) is 9.64. The predicted molar refractivity (Wildman–Crippen MR) is 112 cm³/mol. The van der Waals surface area contributed by atoms with E-state index in [0.29, 0.717) is 42.4 Å². The Hall–Kier alpha value is -3.87. The molecule has 0 aliphatic carbocycles. The molecule has 3 aromatic rings. The van der Waals surface area contributed by atoms with Gasteiger partial charge in [0.05, 0.1) is 5.56 Å². The molecule has 0 spiro atoms. The van der Waals surface area contributed by atoms with Crippen LogP contribution in [0.15, 0.2) is 73.1 Å². The number of nitrogens with zero attached hydrogens (tertiary/aromatic N) is 1. The van der Waals surface area contributed by atoms with E-state index in [0.717, 1.165) is 5.56 Å². The van der Waals surface area contributed by atoms with Crippen molar-refractivity contribution in [1.82, 2.24) is 10.3 Å². The first-order valence-electron chi connectivity index (χ1n) is 9.64. The molecule has 7 heteroatoms. The van der Waals surface area contributed by atoms with Crippen molar-refractivity contribution in [3.63, 3.8) is 0 Å². The summed E-state index contributed by atoms with van der Waals surface area (Å²) in [7, 11) is 0. The lowest BCUT2D eigenvalue weighted by atomic mass is 10.0. The third-order valence-electron chi connectivity index (χ3n) is 4.64. The van der Waals surface area contributed by atoms with Crippen LogP contribution >= 0.6 is 0 Å². The molecule has 0 bridgehead atoms. The normalized spacial score (nSPS) is 13.2. The number of pyridine rings is 1. The number of aromatic nitrogens is 1. The van der Waals surface area contributed by atoms with Crippen molar-refractivity contribution < 1.29 is 19.1 Å². The number of hydrogen-bond donors (Lipinski definition) is 2. The fourth-order valence-corrected chi connectivity index (χ4v) is 3.15. The molecule has 2 N–H and O–H groups in total. The maximum atomic E-state index is 13.0. The lowest BCUT2D eigenvalue weighted by molar-refractivity contribution is -0.118. The summed E-state index contributed by atoms with van der Waals surface area (Å²) >= 11 is 0. The molecule has 1 atom stereocenters. The van der Waals surface area contributed by atoms with E-state index in [1.165, 1.54) is 6.20 Å². The molecule has 1 aromatic heterocycles. The lowest BCUT2D eigenvalue weighted by Crippen LogP contribution is -2.45. The molecular weight excluding hydrogens is 382 g/mol. The number of amides is 2. The molecule has 4 rings (SSSR count). The van der Waals surface area contributed by atoms with Gasteiger partial charge in [-0.2, -0.15) is 0 Å². The largest absolute Gasteiger partial charge is 0.486 e. The molecule has 7 nitrogen and oxygen atoms in total. The lowest BCUT2D eigenvalue weighted by Gasteiger charge is -2.21. The molecular formula is C23H21N3O4. The molecule has 152 valence electrons. The van der Waals surface area contributed by atoms with Crippen molar-refractivity contribution in [2.45, 2.75) is 12.5 Å². The van der Waals surface area contributed by atoms with Crippen molar-refractivity contribution in [2.75, 3.05) is 18.5 Å². The molecule has 1 unspecified atom stereocenters. The Morgan fingerprint density at radius 1 is 0.967 bits per heavy atom. The fraction of sp³-hybridized carbons (Fsp3) is 0.174. The van der Waals surface area contributed by atoms with E-state index >= 15 is 0 Å². The van der Waals surface area contributed by atoms with E-state index in [4.69, 9.17) is 9.47 Å². The van der Waals surface area contributed by atoms with Crippen LogP contribution in [-0.4, -0.2) is 36.1 Å². The summed E-state index contributed by atoms with van der Waals surface area (Å²) < 4.78 is 11.1. The average Bonchev–Trinajstić information content (AvgIpc) is 2.80. The van der Waals surface area contributed by atoms with Gasteiger partial charge in [0, 0.05) is 30.6 Å². The van der Waals surface area contributed by atoms with Gasteiger partial charge in [-0.1, -0.05) is 30.3 Å². The van der Waals surface area contributed by atoms with Crippen LogP contribution < -0.4 is 20.1 Å². The van der Waals surface area contributed by atoms with Crippen LogP contribution in [0, 0.1) is 0 Å². The Labute approximate surface area is 174 Å². The zero-order chi connectivity index (χ0) is 20.8. The summed E-state index contributed by atoms with van der Waals surface area (Å²) in [5.41, 5.74) is 1.90. The van der Waals surface area contributed by atoms with Gasteiger partial charge in [0.25, 0.3) is 5.91 Å². The van der Waals surface area contributed by atoms with Crippen LogP contribution in [0.1, 0.15) is 15.9 Å². The van der Waals surface area contributed by atoms with Gasteiger partial charge in [-0.3, -0.25) is 14.6 Å². The van der Waals surface area contributed by atoms with E-state index in [2.05, 4.69) is 15.6 Å². The Morgan fingerprint density at radius 2 is 1.77 bits per heavy atom. The standard InChI is InChI=1S/C23H21N3O4/c27-22(17-7-4-10-24-15-17)26-19(13-16-5-2-1-3-6-16)23(28)25-18-8-9-20-21(14-18)30-12-11-29-20/h1-10,14-15,19H,11-13H2,(H,25,28)(H,26,27). The first-order chi connectivity index (χ1) is 14.7. The third-order valence-corrected chi connectivity index (χ3v) is 4.64. The van der Waals surface area contributed by atoms with E-state index in [1.54, 1.807) is 36.5 Å². The van der Waals surface area contributed by atoms with E-state index in [9.17, 15) is 9.59 Å². The minimum absolute atomic E-state index is 0.326. The monoisotopic (exact) mass is 403 g/mol. The van der Waals surface area contributed by atoms with Gasteiger partial charge in [-0.05, 0) is 29.8 Å². The third kappa shape index (κ3) is 4.75. The zero-order valence-electron chi connectivity index (χ0n) is 16.2. The Morgan fingerprint density at radius 3 is 2.53 bits per heavy atom. The number of nitrogens with one attached hydrogen (secondary N) is 2. The highest BCUT2D eigenvalue weighted by molar-refractivity contribution is 6.01. The second-order valence-electron chi connectivity index (χ2n) is 6.81. The van der Waals surface area contributed by atoms with Crippen molar-refractivity contribution in [2.24, 2.45) is 0 Å². The number of rotatable bonds is 6. The number of fused-ring (bicyclic) bond motifs is 1. The molecule has 1 aliphatic heterocycles. The van der Waals surface area contributed by atoms with Gasteiger partial charge < -0.3 is 20.1 Å². The van der Waals surface area contributed by atoms with Gasteiger partial charge in [0.15, 0.2) is 11.5 Å². The Bertz CT molecular complexity index is 1030. The molecule has 1 aliphatic rings. The molecule has 0 saturated heterocycles. The molecule has 2 aromatic carbocycles. The summed E-state index contributed by atoms with van der Waals surface area (Å²) in [5.74, 6) is 0.539. The van der Waals surface area contributed by atoms with Crippen molar-refractivity contribution in [3.05, 3.63) is 84.2 Å². The molecule has 0 fully saturated rings. The van der Waals surface area contributed by atoms with Gasteiger partial charge in [0.2, 0.25) is 5.91 Å². The first kappa shape index (κ1) is 19.4. The number of carbonyl (C=O) groups is 2. The molecule has 2 amide bonds. The summed E-state index contributed by atoms with van der Waals surface area (Å²) in [6.45, 7) is 0.959. The second-order valence-corrected chi connectivity index (χ2v) is 6.81. The average molecular weight is 403 g/mol.